The Morgan fingerprint density at radius 3 is 2.63 bits per heavy atom. The summed E-state index contributed by atoms with van der Waals surface area (Å²) in [5.41, 5.74) is 5.93. The Morgan fingerprint density at radius 2 is 2.00 bits per heavy atom. The highest BCUT2D eigenvalue weighted by Gasteiger charge is 2.19. The molecule has 0 saturated carbocycles. The summed E-state index contributed by atoms with van der Waals surface area (Å²) < 4.78 is 27.0. The average molecular weight is 372 g/mol. The van der Waals surface area contributed by atoms with E-state index in [0.717, 1.165) is 6.42 Å². The minimum Gasteiger partial charge on any atom is -0.398 e. The number of halogens is 2. The van der Waals surface area contributed by atoms with E-state index in [1.54, 1.807) is 0 Å². The monoisotopic (exact) mass is 370 g/mol. The van der Waals surface area contributed by atoms with Gasteiger partial charge >= 0.3 is 0 Å². The zero-order valence-electron chi connectivity index (χ0n) is 10.2. The zero-order chi connectivity index (χ0) is 14.5. The zero-order valence-corrected chi connectivity index (χ0v) is 13.4. The molecule has 0 aromatic heterocycles. The minimum atomic E-state index is -3.65. The number of nitrogens with two attached hydrogens (primary N) is 1. The first-order valence-corrected chi connectivity index (χ1v) is 8.39. The van der Waals surface area contributed by atoms with Crippen molar-refractivity contribution in [2.75, 3.05) is 18.9 Å². The summed E-state index contributed by atoms with van der Waals surface area (Å²) in [6.07, 6.45) is 2.08. The van der Waals surface area contributed by atoms with E-state index in [2.05, 4.69) is 20.7 Å². The Bertz CT molecular complexity index is 537. The van der Waals surface area contributed by atoms with Gasteiger partial charge in [0.15, 0.2) is 0 Å². The molecule has 0 amide bonds. The molecule has 0 spiro atoms. The number of rotatable bonds is 7. The van der Waals surface area contributed by atoms with Crippen LogP contribution >= 0.6 is 27.5 Å². The third-order valence-corrected chi connectivity index (χ3v) is 5.30. The van der Waals surface area contributed by atoms with Crippen molar-refractivity contribution in [3.05, 3.63) is 21.6 Å². The molecule has 5 nitrogen and oxygen atoms in total. The second kappa shape index (κ2) is 7.44. The van der Waals surface area contributed by atoms with Gasteiger partial charge in [-0.25, -0.2) is 13.1 Å². The maximum Gasteiger partial charge on any atom is 0.241 e. The van der Waals surface area contributed by atoms with Crippen molar-refractivity contribution in [2.24, 2.45) is 0 Å². The summed E-state index contributed by atoms with van der Waals surface area (Å²) in [5.74, 6) is 0. The van der Waals surface area contributed by atoms with Crippen LogP contribution in [0.15, 0.2) is 21.5 Å². The van der Waals surface area contributed by atoms with Crippen LogP contribution in [-0.2, 0) is 10.0 Å². The third-order valence-electron chi connectivity index (χ3n) is 2.45. The van der Waals surface area contributed by atoms with E-state index in [1.807, 2.05) is 0 Å². The lowest BCUT2D eigenvalue weighted by Crippen LogP contribution is -2.25. The Labute approximate surface area is 126 Å². The van der Waals surface area contributed by atoms with Gasteiger partial charge in [-0.05, 0) is 47.3 Å². The third kappa shape index (κ3) is 4.92. The van der Waals surface area contributed by atoms with E-state index in [9.17, 15) is 8.42 Å². The van der Waals surface area contributed by atoms with Crippen LogP contribution < -0.4 is 10.5 Å². The van der Waals surface area contributed by atoms with Crippen LogP contribution in [0.3, 0.4) is 0 Å². The van der Waals surface area contributed by atoms with Crippen molar-refractivity contribution in [3.63, 3.8) is 0 Å². The smallest absolute Gasteiger partial charge is 0.241 e. The molecule has 0 aliphatic rings. The van der Waals surface area contributed by atoms with Gasteiger partial charge in [-0.1, -0.05) is 11.6 Å². The molecule has 19 heavy (non-hydrogen) atoms. The SMILES string of the molecule is Nc1cc(Cl)cc(S(=O)(=O)NCCCCCO)c1Br. The van der Waals surface area contributed by atoms with Gasteiger partial charge in [0.05, 0.1) is 9.37 Å². The summed E-state index contributed by atoms with van der Waals surface area (Å²) in [7, 11) is -3.65. The maximum atomic E-state index is 12.1. The quantitative estimate of drug-likeness (QED) is 0.505. The van der Waals surface area contributed by atoms with Crippen LogP contribution in [0.5, 0.6) is 0 Å². The number of nitrogen functional groups attached to an aromatic ring is 1. The molecule has 1 rings (SSSR count). The van der Waals surface area contributed by atoms with Crippen LogP contribution in [0.1, 0.15) is 19.3 Å². The van der Waals surface area contributed by atoms with Crippen molar-refractivity contribution in [1.29, 1.82) is 0 Å². The lowest BCUT2D eigenvalue weighted by atomic mass is 10.2. The van der Waals surface area contributed by atoms with Gasteiger partial charge in [-0.2, -0.15) is 0 Å². The fraction of sp³-hybridized carbons (Fsp3) is 0.455. The standard InChI is InChI=1S/C11H16BrClN2O3S/c12-11-9(14)6-8(13)7-10(11)19(17,18)15-4-2-1-3-5-16/h6-7,15-16H,1-5,14H2. The molecule has 8 heteroatoms. The normalized spacial score (nSPS) is 11.7. The average Bonchev–Trinajstić information content (AvgIpc) is 2.33. The van der Waals surface area contributed by atoms with Crippen molar-refractivity contribution in [3.8, 4) is 0 Å². The van der Waals surface area contributed by atoms with Crippen molar-refractivity contribution < 1.29 is 13.5 Å². The van der Waals surface area contributed by atoms with E-state index in [4.69, 9.17) is 22.4 Å². The Balaban J connectivity index is 2.78. The minimum absolute atomic E-state index is 0.0275. The van der Waals surface area contributed by atoms with Crippen molar-refractivity contribution in [1.82, 2.24) is 4.72 Å². The predicted molar refractivity (Wildman–Crippen MR) is 79.7 cm³/mol. The number of nitrogens with one attached hydrogen (secondary N) is 1. The van der Waals surface area contributed by atoms with Gasteiger partial charge in [0, 0.05) is 23.9 Å². The topological polar surface area (TPSA) is 92.4 Å². The maximum absolute atomic E-state index is 12.1. The van der Waals surface area contributed by atoms with E-state index in [0.29, 0.717) is 23.9 Å². The first-order chi connectivity index (χ1) is 8.88. The largest absolute Gasteiger partial charge is 0.398 e. The Morgan fingerprint density at radius 1 is 1.32 bits per heavy atom. The molecule has 0 aliphatic carbocycles. The lowest BCUT2D eigenvalue weighted by Gasteiger charge is -2.10. The van der Waals surface area contributed by atoms with Crippen LogP contribution in [0, 0.1) is 0 Å². The lowest BCUT2D eigenvalue weighted by molar-refractivity contribution is 0.283. The van der Waals surface area contributed by atoms with E-state index < -0.39 is 10.0 Å². The van der Waals surface area contributed by atoms with Crippen molar-refractivity contribution in [2.45, 2.75) is 24.2 Å². The number of sulfonamides is 1. The van der Waals surface area contributed by atoms with Crippen LogP contribution in [-0.4, -0.2) is 26.7 Å². The predicted octanol–water partition coefficient (Wildman–Crippen LogP) is 2.13. The second-order valence-electron chi connectivity index (χ2n) is 3.99. The number of hydrogen-bond donors (Lipinski definition) is 3. The number of aliphatic hydroxyl groups excluding tert-OH is 1. The molecule has 0 fully saturated rings. The van der Waals surface area contributed by atoms with Crippen molar-refractivity contribution >= 4 is 43.2 Å². The highest BCUT2D eigenvalue weighted by molar-refractivity contribution is 9.10. The van der Waals surface area contributed by atoms with Gasteiger partial charge in [0.25, 0.3) is 0 Å². The van der Waals surface area contributed by atoms with Crippen LogP contribution in [0.4, 0.5) is 5.69 Å². The van der Waals surface area contributed by atoms with E-state index in [1.165, 1.54) is 12.1 Å². The summed E-state index contributed by atoms with van der Waals surface area (Å²) in [5, 5.41) is 8.89. The fourth-order valence-electron chi connectivity index (χ4n) is 1.48. The highest BCUT2D eigenvalue weighted by Crippen LogP contribution is 2.31. The first kappa shape index (κ1) is 16.7. The fourth-order valence-corrected chi connectivity index (χ4v) is 3.84. The molecular formula is C11H16BrClN2O3S. The molecule has 0 atom stereocenters. The van der Waals surface area contributed by atoms with Gasteiger partial charge < -0.3 is 10.8 Å². The molecule has 1 aromatic carbocycles. The van der Waals surface area contributed by atoms with Crippen LogP contribution in [0.25, 0.3) is 0 Å². The van der Waals surface area contributed by atoms with E-state index >= 15 is 0 Å². The number of anilines is 1. The molecule has 0 unspecified atom stereocenters. The Hall–Kier alpha value is -0.340. The van der Waals surface area contributed by atoms with Gasteiger partial charge in [0.2, 0.25) is 10.0 Å². The molecule has 4 N–H and O–H groups in total. The number of unbranched alkanes of at least 4 members (excludes halogenated alkanes) is 2. The number of benzene rings is 1. The first-order valence-electron chi connectivity index (χ1n) is 5.73. The summed E-state index contributed by atoms with van der Waals surface area (Å²) in [6, 6.07) is 2.82. The molecule has 0 bridgehead atoms. The molecular weight excluding hydrogens is 356 g/mol. The molecule has 0 radical (unpaired) electrons. The van der Waals surface area contributed by atoms with Gasteiger partial charge in [0.1, 0.15) is 0 Å². The van der Waals surface area contributed by atoms with Gasteiger partial charge in [-0.15, -0.1) is 0 Å². The number of aliphatic hydroxyl groups is 1. The molecule has 0 aliphatic heterocycles. The van der Waals surface area contributed by atoms with E-state index in [-0.39, 0.29) is 22.2 Å². The molecule has 0 saturated heterocycles. The van der Waals surface area contributed by atoms with Gasteiger partial charge in [-0.3, -0.25) is 0 Å². The summed E-state index contributed by atoms with van der Waals surface area (Å²) in [6.45, 7) is 0.421. The summed E-state index contributed by atoms with van der Waals surface area (Å²) >= 11 is 8.96. The molecule has 0 heterocycles. The summed E-state index contributed by atoms with van der Waals surface area (Å²) in [4.78, 5) is 0.0275. The number of hydrogen-bond acceptors (Lipinski definition) is 4. The molecule has 1 aromatic rings. The highest BCUT2D eigenvalue weighted by atomic mass is 79.9. The van der Waals surface area contributed by atoms with Crippen LogP contribution in [0.2, 0.25) is 5.02 Å². The second-order valence-corrected chi connectivity index (χ2v) is 6.95. The Kier molecular flexibility index (Phi) is 6.55. The molecule has 108 valence electrons.